The number of rotatable bonds is 4. The van der Waals surface area contributed by atoms with E-state index in [1.165, 1.54) is 11.1 Å². The Hall–Kier alpha value is -1.55. The highest BCUT2D eigenvalue weighted by Crippen LogP contribution is 2.32. The number of hydrogen-bond acceptors (Lipinski definition) is 3. The Morgan fingerprint density at radius 3 is 2.45 bits per heavy atom. The summed E-state index contributed by atoms with van der Waals surface area (Å²) in [5, 5.41) is 0.657. The van der Waals surface area contributed by atoms with Gasteiger partial charge in [0.1, 0.15) is 5.75 Å². The van der Waals surface area contributed by atoms with Crippen molar-refractivity contribution in [1.82, 2.24) is 5.43 Å². The SMILES string of the molecule is COc1ccc(Cl)cc1C(NN)c1ccc(C)c(C)c1. The summed E-state index contributed by atoms with van der Waals surface area (Å²) >= 11 is 6.09. The van der Waals surface area contributed by atoms with Crippen LogP contribution in [0.2, 0.25) is 5.02 Å². The molecule has 0 spiro atoms. The predicted octanol–water partition coefficient (Wildman–Crippen LogP) is 3.52. The van der Waals surface area contributed by atoms with Crippen LogP contribution in [0.25, 0.3) is 0 Å². The van der Waals surface area contributed by atoms with Gasteiger partial charge < -0.3 is 4.74 Å². The number of halogens is 1. The van der Waals surface area contributed by atoms with Crippen LogP contribution in [-0.4, -0.2) is 7.11 Å². The Morgan fingerprint density at radius 2 is 1.85 bits per heavy atom. The number of benzene rings is 2. The molecule has 0 bridgehead atoms. The minimum Gasteiger partial charge on any atom is -0.496 e. The van der Waals surface area contributed by atoms with E-state index < -0.39 is 0 Å². The minimum atomic E-state index is -0.164. The molecule has 0 amide bonds. The zero-order chi connectivity index (χ0) is 14.7. The third kappa shape index (κ3) is 2.96. The van der Waals surface area contributed by atoms with Crippen LogP contribution in [0.3, 0.4) is 0 Å². The zero-order valence-corrected chi connectivity index (χ0v) is 12.7. The molecule has 1 atom stereocenters. The first-order valence-corrected chi connectivity index (χ1v) is 6.81. The summed E-state index contributed by atoms with van der Waals surface area (Å²) in [7, 11) is 1.64. The number of hydrazine groups is 1. The van der Waals surface area contributed by atoms with E-state index in [9.17, 15) is 0 Å². The lowest BCUT2D eigenvalue weighted by molar-refractivity contribution is 0.404. The van der Waals surface area contributed by atoms with Crippen LogP contribution in [0.5, 0.6) is 5.75 Å². The van der Waals surface area contributed by atoms with Gasteiger partial charge in [-0.3, -0.25) is 5.84 Å². The van der Waals surface area contributed by atoms with Crippen LogP contribution in [0, 0.1) is 13.8 Å². The fraction of sp³-hybridized carbons (Fsp3) is 0.250. The van der Waals surface area contributed by atoms with Gasteiger partial charge in [0.25, 0.3) is 0 Å². The van der Waals surface area contributed by atoms with Crippen LogP contribution in [0.1, 0.15) is 28.3 Å². The average Bonchev–Trinajstić information content (AvgIpc) is 2.44. The van der Waals surface area contributed by atoms with Crippen LogP contribution < -0.4 is 16.0 Å². The second-order valence-electron chi connectivity index (χ2n) is 4.83. The summed E-state index contributed by atoms with van der Waals surface area (Å²) in [5.41, 5.74) is 7.32. The molecule has 0 aliphatic heterocycles. The Labute approximate surface area is 124 Å². The third-order valence-corrected chi connectivity index (χ3v) is 3.77. The highest BCUT2D eigenvalue weighted by Gasteiger charge is 2.18. The van der Waals surface area contributed by atoms with E-state index in [0.29, 0.717) is 5.02 Å². The molecule has 20 heavy (non-hydrogen) atoms. The fourth-order valence-corrected chi connectivity index (χ4v) is 2.42. The van der Waals surface area contributed by atoms with Crippen molar-refractivity contribution in [1.29, 1.82) is 0 Å². The second kappa shape index (κ2) is 6.27. The second-order valence-corrected chi connectivity index (χ2v) is 5.27. The molecule has 3 nitrogen and oxygen atoms in total. The van der Waals surface area contributed by atoms with Gasteiger partial charge in [-0.1, -0.05) is 29.8 Å². The van der Waals surface area contributed by atoms with E-state index in [0.717, 1.165) is 16.9 Å². The van der Waals surface area contributed by atoms with E-state index in [-0.39, 0.29) is 6.04 Å². The summed E-state index contributed by atoms with van der Waals surface area (Å²) in [5.74, 6) is 6.51. The molecule has 4 heteroatoms. The monoisotopic (exact) mass is 290 g/mol. The summed E-state index contributed by atoms with van der Waals surface area (Å²) in [6.45, 7) is 4.17. The van der Waals surface area contributed by atoms with Crippen molar-refractivity contribution in [2.75, 3.05) is 7.11 Å². The predicted molar refractivity (Wildman–Crippen MR) is 83.1 cm³/mol. The minimum absolute atomic E-state index is 0.164. The van der Waals surface area contributed by atoms with Crippen molar-refractivity contribution in [2.45, 2.75) is 19.9 Å². The maximum atomic E-state index is 6.09. The lowest BCUT2D eigenvalue weighted by Gasteiger charge is -2.20. The lowest BCUT2D eigenvalue weighted by Crippen LogP contribution is -2.29. The Kier molecular flexibility index (Phi) is 4.65. The van der Waals surface area contributed by atoms with Crippen molar-refractivity contribution < 1.29 is 4.74 Å². The molecule has 2 aromatic rings. The van der Waals surface area contributed by atoms with Gasteiger partial charge in [0.15, 0.2) is 0 Å². The Morgan fingerprint density at radius 1 is 1.10 bits per heavy atom. The van der Waals surface area contributed by atoms with Crippen LogP contribution in [0.4, 0.5) is 0 Å². The van der Waals surface area contributed by atoms with E-state index in [4.69, 9.17) is 22.2 Å². The van der Waals surface area contributed by atoms with Crippen molar-refractivity contribution >= 4 is 11.6 Å². The number of methoxy groups -OCH3 is 1. The van der Waals surface area contributed by atoms with Crippen molar-refractivity contribution in [2.24, 2.45) is 5.84 Å². The fourth-order valence-electron chi connectivity index (χ4n) is 2.24. The smallest absolute Gasteiger partial charge is 0.124 e. The van der Waals surface area contributed by atoms with E-state index in [1.54, 1.807) is 13.2 Å². The van der Waals surface area contributed by atoms with E-state index >= 15 is 0 Å². The summed E-state index contributed by atoms with van der Waals surface area (Å²) < 4.78 is 5.40. The molecule has 2 aromatic carbocycles. The first kappa shape index (κ1) is 14.9. The van der Waals surface area contributed by atoms with E-state index in [1.807, 2.05) is 12.1 Å². The highest BCUT2D eigenvalue weighted by atomic mass is 35.5. The lowest BCUT2D eigenvalue weighted by atomic mass is 9.95. The molecule has 2 rings (SSSR count). The average molecular weight is 291 g/mol. The highest BCUT2D eigenvalue weighted by molar-refractivity contribution is 6.30. The van der Waals surface area contributed by atoms with Gasteiger partial charge in [-0.2, -0.15) is 0 Å². The van der Waals surface area contributed by atoms with Crippen LogP contribution in [-0.2, 0) is 0 Å². The Balaban J connectivity index is 2.51. The van der Waals surface area contributed by atoms with Gasteiger partial charge in [-0.15, -0.1) is 0 Å². The molecule has 0 fully saturated rings. The molecule has 0 radical (unpaired) electrons. The number of aryl methyl sites for hydroxylation is 2. The normalized spacial score (nSPS) is 12.2. The molecule has 0 aromatic heterocycles. The largest absolute Gasteiger partial charge is 0.496 e. The summed E-state index contributed by atoms with van der Waals surface area (Å²) in [6, 6.07) is 11.6. The van der Waals surface area contributed by atoms with Crippen molar-refractivity contribution in [3.05, 3.63) is 63.7 Å². The maximum absolute atomic E-state index is 6.09. The van der Waals surface area contributed by atoms with Crippen LogP contribution >= 0.6 is 11.6 Å². The molecule has 0 aliphatic carbocycles. The van der Waals surface area contributed by atoms with Crippen LogP contribution in [0.15, 0.2) is 36.4 Å². The molecule has 106 valence electrons. The molecular formula is C16H19ClN2O. The van der Waals surface area contributed by atoms with Crippen molar-refractivity contribution in [3.63, 3.8) is 0 Å². The van der Waals surface area contributed by atoms with E-state index in [2.05, 4.69) is 37.5 Å². The number of nitrogens with one attached hydrogen (secondary N) is 1. The molecule has 0 aliphatic rings. The number of ether oxygens (including phenoxy) is 1. The topological polar surface area (TPSA) is 47.3 Å². The Bertz CT molecular complexity index is 613. The molecule has 1 unspecified atom stereocenters. The van der Waals surface area contributed by atoms with Gasteiger partial charge in [0.05, 0.1) is 13.2 Å². The van der Waals surface area contributed by atoms with Crippen molar-refractivity contribution in [3.8, 4) is 5.75 Å². The molecule has 0 heterocycles. The van der Waals surface area contributed by atoms with Gasteiger partial charge in [-0.25, -0.2) is 5.43 Å². The maximum Gasteiger partial charge on any atom is 0.124 e. The molecular weight excluding hydrogens is 272 g/mol. The molecule has 0 saturated carbocycles. The standard InChI is InChI=1S/C16H19ClN2O/c1-10-4-5-12(8-11(10)2)16(19-18)14-9-13(17)6-7-15(14)20-3/h4-9,16,19H,18H2,1-3H3. The quantitative estimate of drug-likeness (QED) is 0.669. The van der Waals surface area contributed by atoms with Gasteiger partial charge in [-0.05, 0) is 48.7 Å². The first-order chi connectivity index (χ1) is 9.56. The van der Waals surface area contributed by atoms with Gasteiger partial charge in [0, 0.05) is 10.6 Å². The summed E-state index contributed by atoms with van der Waals surface area (Å²) in [4.78, 5) is 0. The number of nitrogens with two attached hydrogens (primary N) is 1. The third-order valence-electron chi connectivity index (χ3n) is 3.53. The molecule has 3 N–H and O–H groups in total. The zero-order valence-electron chi connectivity index (χ0n) is 11.9. The molecule has 0 saturated heterocycles. The summed E-state index contributed by atoms with van der Waals surface area (Å²) in [6.07, 6.45) is 0. The first-order valence-electron chi connectivity index (χ1n) is 6.43. The van der Waals surface area contributed by atoms with Gasteiger partial charge >= 0.3 is 0 Å². The van der Waals surface area contributed by atoms with Gasteiger partial charge in [0.2, 0.25) is 0 Å². The number of hydrogen-bond donors (Lipinski definition) is 2.